The largest absolute Gasteiger partial charge is 0.494 e. The number of halogens is 2. The quantitative estimate of drug-likeness (QED) is 0.326. The highest BCUT2D eigenvalue weighted by Crippen LogP contribution is 2.39. The van der Waals surface area contributed by atoms with Crippen LogP contribution in [0.3, 0.4) is 0 Å². The van der Waals surface area contributed by atoms with Gasteiger partial charge in [-0.25, -0.2) is 24.9 Å². The molecule has 0 aliphatic heterocycles. The highest BCUT2D eigenvalue weighted by molar-refractivity contribution is 7.21. The van der Waals surface area contributed by atoms with E-state index in [9.17, 15) is 8.78 Å². The van der Waals surface area contributed by atoms with Crippen molar-refractivity contribution in [3.05, 3.63) is 54.5 Å². The Labute approximate surface area is 201 Å². The number of hydrogen-bond acceptors (Lipinski definition) is 10. The zero-order valence-electron chi connectivity index (χ0n) is 18.7. The summed E-state index contributed by atoms with van der Waals surface area (Å²) >= 11 is 1.35. The molecule has 0 aromatic carbocycles. The molecule has 5 aromatic rings. The van der Waals surface area contributed by atoms with Gasteiger partial charge in [-0.3, -0.25) is 9.97 Å². The molecule has 0 atom stereocenters. The maximum absolute atomic E-state index is 12.3. The SMILES string of the molecule is COc1cnc(C)cc1-c1cc(C)ncc1-c1nc2ncc(-c3cnc(OC(F)F)cn3)nc2s1. The number of hydrogen-bond donors (Lipinski definition) is 0. The van der Waals surface area contributed by atoms with Gasteiger partial charge in [-0.05, 0) is 31.5 Å². The topological polar surface area (TPSA) is 109 Å². The van der Waals surface area contributed by atoms with Crippen molar-refractivity contribution in [2.75, 3.05) is 7.11 Å². The lowest BCUT2D eigenvalue weighted by atomic mass is 10.0. The highest BCUT2D eigenvalue weighted by atomic mass is 32.1. The fourth-order valence-electron chi connectivity index (χ4n) is 3.43. The van der Waals surface area contributed by atoms with Crippen LogP contribution in [0, 0.1) is 13.8 Å². The van der Waals surface area contributed by atoms with Crippen molar-refractivity contribution < 1.29 is 18.3 Å². The van der Waals surface area contributed by atoms with E-state index in [1.54, 1.807) is 19.5 Å². The Morgan fingerprint density at radius 1 is 0.771 bits per heavy atom. The molecule has 0 bridgehead atoms. The molecule has 176 valence electrons. The van der Waals surface area contributed by atoms with Gasteiger partial charge in [-0.15, -0.1) is 0 Å². The Balaban J connectivity index is 1.56. The number of fused-ring (bicyclic) bond motifs is 1. The van der Waals surface area contributed by atoms with E-state index in [-0.39, 0.29) is 5.88 Å². The second kappa shape index (κ2) is 9.22. The number of alkyl halides is 2. The second-order valence-electron chi connectivity index (χ2n) is 7.42. The molecule has 0 saturated carbocycles. The standard InChI is InChI=1S/C23H17F2N7O2S/c1-11-4-13(14-5-12(2)27-9-18(14)33-3)15(6-26-11)21-32-20-22(35-21)31-17(8-30-20)16-7-29-19(10-28-16)34-23(24)25/h4-10,23H,1-3H3. The van der Waals surface area contributed by atoms with Gasteiger partial charge in [0.15, 0.2) is 10.5 Å². The molecule has 0 radical (unpaired) electrons. The minimum atomic E-state index is -2.97. The van der Waals surface area contributed by atoms with Crippen LogP contribution in [0.2, 0.25) is 0 Å². The number of methoxy groups -OCH3 is 1. The van der Waals surface area contributed by atoms with E-state index in [0.29, 0.717) is 32.6 Å². The van der Waals surface area contributed by atoms with E-state index < -0.39 is 6.61 Å². The highest BCUT2D eigenvalue weighted by Gasteiger charge is 2.18. The Hall–Kier alpha value is -4.19. The lowest BCUT2D eigenvalue weighted by molar-refractivity contribution is -0.0530. The van der Waals surface area contributed by atoms with E-state index in [0.717, 1.165) is 34.3 Å². The van der Waals surface area contributed by atoms with Crippen LogP contribution in [-0.2, 0) is 0 Å². The molecule has 0 amide bonds. The molecule has 5 rings (SSSR count). The lowest BCUT2D eigenvalue weighted by Crippen LogP contribution is -2.04. The molecule has 9 nitrogen and oxygen atoms in total. The maximum atomic E-state index is 12.3. The van der Waals surface area contributed by atoms with Gasteiger partial charge in [0.05, 0.1) is 31.9 Å². The van der Waals surface area contributed by atoms with Gasteiger partial charge in [0.1, 0.15) is 22.1 Å². The molecule has 0 spiro atoms. The first-order valence-electron chi connectivity index (χ1n) is 10.3. The number of rotatable bonds is 6. The molecule has 0 aliphatic carbocycles. The zero-order chi connectivity index (χ0) is 24.5. The van der Waals surface area contributed by atoms with Crippen molar-refractivity contribution in [3.8, 4) is 44.7 Å². The Morgan fingerprint density at radius 2 is 1.51 bits per heavy atom. The summed E-state index contributed by atoms with van der Waals surface area (Å²) in [6.07, 6.45) is 7.38. The molecule has 0 saturated heterocycles. The van der Waals surface area contributed by atoms with Gasteiger partial charge in [0.25, 0.3) is 0 Å². The molecular formula is C23H17F2N7O2S. The first kappa shape index (κ1) is 22.6. The van der Waals surface area contributed by atoms with Gasteiger partial charge in [-0.2, -0.15) is 8.78 Å². The molecule has 35 heavy (non-hydrogen) atoms. The van der Waals surface area contributed by atoms with Crippen LogP contribution in [0.5, 0.6) is 11.6 Å². The number of thiazole rings is 1. The van der Waals surface area contributed by atoms with E-state index in [4.69, 9.17) is 4.74 Å². The molecule has 5 aromatic heterocycles. The summed E-state index contributed by atoms with van der Waals surface area (Å²) in [6, 6.07) is 3.93. The number of aryl methyl sites for hydroxylation is 2. The number of pyridine rings is 2. The van der Waals surface area contributed by atoms with E-state index in [1.165, 1.54) is 23.7 Å². The third-order valence-corrected chi connectivity index (χ3v) is 5.98. The Kier molecular flexibility index (Phi) is 5.95. The number of ether oxygens (including phenoxy) is 2. The summed E-state index contributed by atoms with van der Waals surface area (Å²) in [6.45, 7) is 0.859. The second-order valence-corrected chi connectivity index (χ2v) is 8.40. The van der Waals surface area contributed by atoms with Crippen molar-refractivity contribution in [2.45, 2.75) is 20.5 Å². The van der Waals surface area contributed by atoms with Crippen molar-refractivity contribution >= 4 is 21.8 Å². The first-order chi connectivity index (χ1) is 16.9. The normalized spacial score (nSPS) is 11.3. The molecule has 0 N–H and O–H groups in total. The van der Waals surface area contributed by atoms with Crippen molar-refractivity contribution in [1.82, 2.24) is 34.9 Å². The summed E-state index contributed by atoms with van der Waals surface area (Å²) in [7, 11) is 1.60. The summed E-state index contributed by atoms with van der Waals surface area (Å²) in [5, 5.41) is 0.683. The summed E-state index contributed by atoms with van der Waals surface area (Å²) < 4.78 is 34.5. The van der Waals surface area contributed by atoms with E-state index in [1.807, 2.05) is 26.0 Å². The van der Waals surface area contributed by atoms with Crippen LogP contribution in [0.25, 0.3) is 43.6 Å². The summed E-state index contributed by atoms with van der Waals surface area (Å²) in [4.78, 5) is 31.0. The average Bonchev–Trinajstić information content (AvgIpc) is 3.27. The maximum Gasteiger partial charge on any atom is 0.388 e. The van der Waals surface area contributed by atoms with Crippen molar-refractivity contribution in [1.29, 1.82) is 0 Å². The zero-order valence-corrected chi connectivity index (χ0v) is 19.5. The van der Waals surface area contributed by atoms with Gasteiger partial charge in [0, 0.05) is 28.7 Å². The molecular weight excluding hydrogens is 476 g/mol. The molecule has 0 unspecified atom stereocenters. The van der Waals surface area contributed by atoms with Crippen molar-refractivity contribution in [2.24, 2.45) is 0 Å². The van der Waals surface area contributed by atoms with Gasteiger partial charge in [0.2, 0.25) is 5.88 Å². The van der Waals surface area contributed by atoms with E-state index in [2.05, 4.69) is 39.6 Å². The van der Waals surface area contributed by atoms with Crippen LogP contribution in [-0.4, -0.2) is 48.6 Å². The van der Waals surface area contributed by atoms with Crippen molar-refractivity contribution in [3.63, 3.8) is 0 Å². The smallest absolute Gasteiger partial charge is 0.388 e. The third-order valence-electron chi connectivity index (χ3n) is 5.01. The summed E-state index contributed by atoms with van der Waals surface area (Å²) in [5.41, 5.74) is 5.54. The fourth-order valence-corrected chi connectivity index (χ4v) is 4.36. The van der Waals surface area contributed by atoms with Gasteiger partial charge < -0.3 is 9.47 Å². The minimum Gasteiger partial charge on any atom is -0.494 e. The van der Waals surface area contributed by atoms with Crippen LogP contribution in [0.1, 0.15) is 11.4 Å². The van der Waals surface area contributed by atoms with E-state index >= 15 is 0 Å². The van der Waals surface area contributed by atoms with Crippen LogP contribution >= 0.6 is 11.3 Å². The predicted molar refractivity (Wildman–Crippen MR) is 125 cm³/mol. The Bertz CT molecular complexity index is 1530. The Morgan fingerprint density at radius 3 is 2.23 bits per heavy atom. The lowest BCUT2D eigenvalue weighted by Gasteiger charge is -2.12. The summed E-state index contributed by atoms with van der Waals surface area (Å²) in [5.74, 6) is 0.360. The van der Waals surface area contributed by atoms with Crippen LogP contribution in [0.4, 0.5) is 8.78 Å². The van der Waals surface area contributed by atoms with Gasteiger partial charge in [-0.1, -0.05) is 11.3 Å². The minimum absolute atomic E-state index is 0.279. The van der Waals surface area contributed by atoms with Crippen LogP contribution < -0.4 is 9.47 Å². The van der Waals surface area contributed by atoms with Crippen LogP contribution in [0.15, 0.2) is 43.1 Å². The number of aromatic nitrogens is 7. The fraction of sp³-hybridized carbons (Fsp3) is 0.174. The first-order valence-corrected chi connectivity index (χ1v) is 11.1. The number of nitrogens with zero attached hydrogens (tertiary/aromatic N) is 7. The predicted octanol–water partition coefficient (Wildman–Crippen LogP) is 4.89. The molecule has 0 aliphatic rings. The van der Waals surface area contributed by atoms with Gasteiger partial charge >= 0.3 is 6.61 Å². The monoisotopic (exact) mass is 493 g/mol. The molecule has 0 fully saturated rings. The average molecular weight is 493 g/mol. The third kappa shape index (κ3) is 4.60. The molecule has 5 heterocycles. The molecule has 12 heteroatoms.